The monoisotopic (exact) mass is 1460 g/mol. The second-order valence-corrected chi connectivity index (χ2v) is 26.1. The average Bonchev–Trinajstić information content (AvgIpc) is 0.917. The van der Waals surface area contributed by atoms with Gasteiger partial charge in [-0.2, -0.15) is 0 Å². The Morgan fingerprint density at radius 3 is 1.58 bits per heavy atom. The number of hydrogen-bond acceptors (Lipinski definition) is 17. The summed E-state index contributed by atoms with van der Waals surface area (Å²) in [6, 6.07) is 23.6. The number of carboxylic acids is 2. The number of aliphatic hydroxyl groups is 2. The van der Waals surface area contributed by atoms with Gasteiger partial charge in [-0.3, -0.25) is 62.3 Å². The first-order chi connectivity index (χ1) is 50.4. The van der Waals surface area contributed by atoms with Crippen molar-refractivity contribution in [1.29, 1.82) is 0 Å². The molecule has 0 aliphatic heterocycles. The smallest absolute Gasteiger partial charge is 0.305 e. The van der Waals surface area contributed by atoms with Crippen molar-refractivity contribution in [3.63, 3.8) is 0 Å². The fraction of sp³-hybridized carbons (Fsp3) is 0.387. The van der Waals surface area contributed by atoms with Crippen molar-refractivity contribution in [3.05, 3.63) is 173 Å². The molecule has 19 N–H and O–H groups in total. The van der Waals surface area contributed by atoms with Crippen LogP contribution in [0.15, 0.2) is 140 Å². The number of nitrogens with two attached hydrogens (primary N) is 2. The van der Waals surface area contributed by atoms with Gasteiger partial charge in [0, 0.05) is 44.0 Å². The Kier molecular flexibility index (Phi) is 31.7. The molecule has 6 aromatic rings. The summed E-state index contributed by atoms with van der Waals surface area (Å²) >= 11 is 0. The van der Waals surface area contributed by atoms with Crippen molar-refractivity contribution < 1.29 is 82.8 Å². The molecule has 0 radical (unpaired) electrons. The van der Waals surface area contributed by atoms with Crippen LogP contribution in [0, 0.1) is 13.8 Å². The van der Waals surface area contributed by atoms with Gasteiger partial charge in [0.1, 0.15) is 53.9 Å². The van der Waals surface area contributed by atoms with Crippen LogP contribution in [0.4, 0.5) is 0 Å². The molecule has 106 heavy (non-hydrogen) atoms. The zero-order valence-electron chi connectivity index (χ0n) is 59.7. The van der Waals surface area contributed by atoms with Crippen molar-refractivity contribution in [2.45, 2.75) is 172 Å². The van der Waals surface area contributed by atoms with Gasteiger partial charge in [0.15, 0.2) is 0 Å². The quantitative estimate of drug-likeness (QED) is 0.0244. The minimum absolute atomic E-state index is 0.0289. The van der Waals surface area contributed by atoms with Crippen molar-refractivity contribution in [3.8, 4) is 22.3 Å². The highest BCUT2D eigenvalue weighted by atomic mass is 16.4. The number of rotatable bonds is 41. The minimum atomic E-state index is -2.05. The van der Waals surface area contributed by atoms with Gasteiger partial charge in [-0.25, -0.2) is 4.98 Å². The molecular weight excluding hydrogens is 1370 g/mol. The highest BCUT2D eigenvalue weighted by Gasteiger charge is 2.42. The Morgan fingerprint density at radius 2 is 1.06 bits per heavy atom. The lowest BCUT2D eigenvalue weighted by Gasteiger charge is -2.34. The van der Waals surface area contributed by atoms with Crippen molar-refractivity contribution >= 4 is 76.9 Å². The summed E-state index contributed by atoms with van der Waals surface area (Å²) in [6.45, 7) is 7.36. The molecular formula is C75H94N14O17. The molecule has 1 heterocycles. The number of aliphatic hydroxyl groups excluding tert-OH is 2. The molecule has 0 saturated heterocycles. The zero-order valence-corrected chi connectivity index (χ0v) is 59.7. The largest absolute Gasteiger partial charge is 0.481 e. The number of unbranched alkanes of at least 4 members (excludes halogenated alkanes) is 1. The Bertz CT molecular complexity index is 4050. The highest BCUT2D eigenvalue weighted by Crippen LogP contribution is 2.26. The topological polar surface area (TPSA) is 504 Å². The first kappa shape index (κ1) is 83.2. The molecule has 11 amide bonds. The molecule has 1 aromatic heterocycles. The number of hydrogen-bond donors (Lipinski definition) is 17. The van der Waals surface area contributed by atoms with Crippen LogP contribution in [0.2, 0.25) is 0 Å². The van der Waals surface area contributed by atoms with Crippen LogP contribution >= 0.6 is 0 Å². The van der Waals surface area contributed by atoms with E-state index in [1.807, 2.05) is 74.5 Å². The maximum Gasteiger partial charge on any atom is 0.305 e. The van der Waals surface area contributed by atoms with E-state index in [1.54, 1.807) is 73.7 Å². The number of benzene rings is 5. The van der Waals surface area contributed by atoms with Gasteiger partial charge >= 0.3 is 11.9 Å². The molecule has 0 aliphatic carbocycles. The molecule has 5 aromatic carbocycles. The average molecular weight is 1460 g/mol. The standard InChI is InChI=1S/C75H94N14O17/c1-7-8-22-55(82-61(92)39-79-68(100)56(31-32-62(93)94)83-66(98)44(4)81-67(99)54(76)35-51-38-78-41-80-51)72(104)89-75(6,37-48-18-10-9-11-19-48)74(106)88-64(45(5)91)73(105)87-60(40-90)71(103)86-59(36-63(95)96)70(102)85-58(34-47-25-29-50(30-26-47)53-21-15-13-17-43(53)3)69(101)84-57(65(77)97)33-46-23-27-49(28-24-46)52-20-14-12-16-42(52)2/h9-21,23-30,38,41,44-45,54-60,64,90-91H,7-8,22,31-37,39-40,76H2,1-6H3,(H2,77,97)(H,78,80)(H,79,100)(H,81,99)(H,82,92)(H,83,98)(H,84,101)(H,85,102)(H,86,103)(H,87,105)(H,88,106)(H,89,104)(H,93,94)(H,95,96)/t44-,45-,54+,55+,56+,57+,58+,59+,60+,64+,75+/m1/s1. The lowest BCUT2D eigenvalue weighted by Crippen LogP contribution is -2.66. The molecule has 6 rings (SSSR count). The summed E-state index contributed by atoms with van der Waals surface area (Å²) in [7, 11) is 0. The minimum Gasteiger partial charge on any atom is -0.481 e. The number of H-pyrrole nitrogens is 1. The number of nitrogens with one attached hydrogen (secondary N) is 11. The zero-order chi connectivity index (χ0) is 77.8. The number of primary amides is 1. The van der Waals surface area contributed by atoms with Crippen molar-refractivity contribution in [2.24, 2.45) is 11.5 Å². The maximum absolute atomic E-state index is 14.7. The van der Waals surface area contributed by atoms with Crippen LogP contribution in [0.1, 0.15) is 99.7 Å². The van der Waals surface area contributed by atoms with Crippen LogP contribution < -0.4 is 64.6 Å². The number of carbonyl (C=O) groups is 13. The van der Waals surface area contributed by atoms with E-state index in [4.69, 9.17) is 11.5 Å². The second-order valence-electron chi connectivity index (χ2n) is 26.1. The van der Waals surface area contributed by atoms with Gasteiger partial charge in [-0.05, 0) is 97.5 Å². The molecule has 31 heteroatoms. The number of aliphatic carboxylic acids is 2. The van der Waals surface area contributed by atoms with Gasteiger partial charge in [0.2, 0.25) is 65.0 Å². The van der Waals surface area contributed by atoms with Crippen LogP contribution in [0.3, 0.4) is 0 Å². The third kappa shape index (κ3) is 25.6. The highest BCUT2D eigenvalue weighted by molar-refractivity contribution is 6.00. The molecule has 0 bridgehead atoms. The Balaban J connectivity index is 1.15. The number of aromatic nitrogens is 2. The molecule has 0 spiro atoms. The van der Waals surface area contributed by atoms with Gasteiger partial charge in [0.25, 0.3) is 0 Å². The SMILES string of the molecule is CCCC[C@H](NC(=O)CNC(=O)[C@H](CCC(=O)O)NC(=O)[C@@H](C)NC(=O)[C@@H](N)Cc1cnc[nH]1)C(=O)N[C@@](C)(Cc1ccccc1)C(=O)N[C@H](C(=O)N[C@@H](CO)C(=O)N[C@@H](CC(=O)O)C(=O)N[C@@H](Cc1ccc(-c2ccccc2C)cc1)C(=O)N[C@@H](Cc1ccc(-c2ccccc2C)cc1)C(N)=O)[C@@H](C)O. The fourth-order valence-electron chi connectivity index (χ4n) is 11.4. The Labute approximate surface area is 612 Å². The van der Waals surface area contributed by atoms with Gasteiger partial charge in [-0.15, -0.1) is 0 Å². The van der Waals surface area contributed by atoms with Gasteiger partial charge < -0.3 is 90.0 Å². The lowest BCUT2D eigenvalue weighted by atomic mass is 9.90. The van der Waals surface area contributed by atoms with E-state index in [9.17, 15) is 82.8 Å². The molecule has 31 nitrogen and oxygen atoms in total. The fourth-order valence-corrected chi connectivity index (χ4v) is 11.4. The summed E-state index contributed by atoms with van der Waals surface area (Å²) in [6.07, 6.45) is -0.851. The Hall–Kier alpha value is -11.7. The molecule has 0 aliphatic rings. The number of imidazole rings is 1. The summed E-state index contributed by atoms with van der Waals surface area (Å²) < 4.78 is 0. The van der Waals surface area contributed by atoms with E-state index in [0.717, 1.165) is 40.3 Å². The third-order valence-corrected chi connectivity index (χ3v) is 17.5. The number of carboxylic acid groups (broad SMARTS) is 2. The Morgan fingerprint density at radius 1 is 0.538 bits per heavy atom. The van der Waals surface area contributed by atoms with Crippen LogP contribution in [0.25, 0.3) is 22.3 Å². The molecule has 566 valence electrons. The molecule has 0 fully saturated rings. The van der Waals surface area contributed by atoms with E-state index in [-0.39, 0.29) is 32.1 Å². The van der Waals surface area contributed by atoms with Crippen LogP contribution in [-0.2, 0) is 88.0 Å². The number of aromatic amines is 1. The summed E-state index contributed by atoms with van der Waals surface area (Å²) in [5, 5.41) is 65.5. The normalized spacial score (nSPS) is 14.5. The predicted octanol–water partition coefficient (Wildman–Crippen LogP) is 0.236. The van der Waals surface area contributed by atoms with Crippen LogP contribution in [-0.4, -0.2) is 186 Å². The van der Waals surface area contributed by atoms with Crippen LogP contribution in [0.5, 0.6) is 0 Å². The van der Waals surface area contributed by atoms with Gasteiger partial charge in [-0.1, -0.05) is 147 Å². The number of amides is 11. The molecule has 0 saturated carbocycles. The van der Waals surface area contributed by atoms with E-state index in [2.05, 4.69) is 63.1 Å². The van der Waals surface area contributed by atoms with Crippen molar-refractivity contribution in [1.82, 2.24) is 63.1 Å². The third-order valence-electron chi connectivity index (χ3n) is 17.5. The first-order valence-corrected chi connectivity index (χ1v) is 34.5. The van der Waals surface area contributed by atoms with E-state index in [0.29, 0.717) is 35.2 Å². The lowest BCUT2D eigenvalue weighted by molar-refractivity contribution is -0.142. The number of carbonyl (C=O) groups excluding carboxylic acids is 11. The van der Waals surface area contributed by atoms with Crippen molar-refractivity contribution in [2.75, 3.05) is 13.2 Å². The van der Waals surface area contributed by atoms with Gasteiger partial charge in [0.05, 0.1) is 38.0 Å². The predicted molar refractivity (Wildman–Crippen MR) is 388 cm³/mol. The van der Waals surface area contributed by atoms with E-state index in [1.165, 1.54) is 26.4 Å². The van der Waals surface area contributed by atoms with E-state index < -0.39 is 175 Å². The van der Waals surface area contributed by atoms with E-state index >= 15 is 0 Å². The molecule has 0 unspecified atom stereocenters. The second kappa shape index (κ2) is 40.4. The number of aryl methyl sites for hydroxylation is 2. The summed E-state index contributed by atoms with van der Waals surface area (Å²) in [5.74, 6) is -14.2. The maximum atomic E-state index is 14.7. The molecule has 11 atom stereocenters. The summed E-state index contributed by atoms with van der Waals surface area (Å²) in [5.41, 5.74) is 17.6. The number of nitrogens with zero attached hydrogens (tertiary/aromatic N) is 1. The summed E-state index contributed by atoms with van der Waals surface area (Å²) in [4.78, 5) is 183. The first-order valence-electron chi connectivity index (χ1n) is 34.5.